The van der Waals surface area contributed by atoms with E-state index in [-0.39, 0.29) is 23.8 Å². The number of benzene rings is 2. The van der Waals surface area contributed by atoms with Gasteiger partial charge in [0.15, 0.2) is 0 Å². The molecule has 0 heterocycles. The third kappa shape index (κ3) is 5.69. The van der Waals surface area contributed by atoms with Gasteiger partial charge in [0, 0.05) is 12.0 Å². The van der Waals surface area contributed by atoms with Gasteiger partial charge >= 0.3 is 18.3 Å². The van der Waals surface area contributed by atoms with Gasteiger partial charge in [-0.15, -0.1) is 0 Å². The third-order valence-electron chi connectivity index (χ3n) is 3.84. The summed E-state index contributed by atoms with van der Waals surface area (Å²) in [6.07, 6.45) is -10.9. The number of amides is 1. The molecule has 156 valence electrons. The van der Waals surface area contributed by atoms with Gasteiger partial charge in [0.2, 0.25) is 0 Å². The van der Waals surface area contributed by atoms with Crippen LogP contribution >= 0.6 is 0 Å². The van der Waals surface area contributed by atoms with Crippen molar-refractivity contribution in [1.29, 1.82) is 0 Å². The first-order chi connectivity index (χ1) is 13.3. The molecule has 2 rings (SSSR count). The van der Waals surface area contributed by atoms with Crippen LogP contribution in [0.3, 0.4) is 0 Å². The zero-order valence-corrected chi connectivity index (χ0v) is 14.2. The maximum atomic E-state index is 13.7. The van der Waals surface area contributed by atoms with Gasteiger partial charge < -0.3 is 10.4 Å². The molecule has 0 spiro atoms. The molecule has 0 bridgehead atoms. The molecule has 0 aliphatic carbocycles. The Balaban J connectivity index is 2.36. The molecule has 1 amide bonds. The monoisotopic (exact) mass is 423 g/mol. The number of carboxylic acid groups (broad SMARTS) is 1. The fourth-order valence-electron chi connectivity index (χ4n) is 2.41. The van der Waals surface area contributed by atoms with Gasteiger partial charge in [-0.1, -0.05) is 18.2 Å². The number of halogens is 7. The number of nitrogens with one attached hydrogen (secondary N) is 1. The second kappa shape index (κ2) is 8.10. The van der Waals surface area contributed by atoms with Crippen LogP contribution in [0.2, 0.25) is 0 Å². The van der Waals surface area contributed by atoms with E-state index in [0.717, 1.165) is 6.07 Å². The Morgan fingerprint density at radius 3 is 1.90 bits per heavy atom. The SMILES string of the molecule is O=C(N[C@@H](Cc1ccccc1F)C(=O)O)c1cc(C(F)(F)F)cc(C(F)(F)F)c1. The minimum absolute atomic E-state index is 0.111. The molecule has 2 N–H and O–H groups in total. The van der Waals surface area contributed by atoms with Gasteiger partial charge in [-0.3, -0.25) is 4.79 Å². The highest BCUT2D eigenvalue weighted by Crippen LogP contribution is 2.36. The van der Waals surface area contributed by atoms with Crippen molar-refractivity contribution in [2.75, 3.05) is 0 Å². The van der Waals surface area contributed by atoms with Gasteiger partial charge in [0.25, 0.3) is 5.91 Å². The maximum Gasteiger partial charge on any atom is 0.416 e. The molecular formula is C18H12F7NO3. The molecule has 0 aromatic heterocycles. The lowest BCUT2D eigenvalue weighted by Crippen LogP contribution is -2.42. The molecule has 0 aliphatic rings. The smallest absolute Gasteiger partial charge is 0.416 e. The predicted octanol–water partition coefficient (Wildman–Crippen LogP) is 4.29. The lowest BCUT2D eigenvalue weighted by molar-refractivity contribution is -0.143. The number of aliphatic carboxylic acids is 1. The maximum absolute atomic E-state index is 13.7. The van der Waals surface area contributed by atoms with Crippen LogP contribution in [-0.4, -0.2) is 23.0 Å². The zero-order valence-electron chi connectivity index (χ0n) is 14.2. The molecule has 2 aromatic rings. The van der Waals surface area contributed by atoms with Crippen molar-refractivity contribution in [3.63, 3.8) is 0 Å². The van der Waals surface area contributed by atoms with Crippen molar-refractivity contribution in [1.82, 2.24) is 5.32 Å². The third-order valence-corrected chi connectivity index (χ3v) is 3.84. The Kier molecular flexibility index (Phi) is 6.19. The van der Waals surface area contributed by atoms with Crippen LogP contribution in [0.5, 0.6) is 0 Å². The van der Waals surface area contributed by atoms with Gasteiger partial charge in [-0.25, -0.2) is 9.18 Å². The number of carbonyl (C=O) groups is 2. The largest absolute Gasteiger partial charge is 0.480 e. The summed E-state index contributed by atoms with van der Waals surface area (Å²) in [7, 11) is 0. The number of carboxylic acids is 1. The van der Waals surface area contributed by atoms with E-state index >= 15 is 0 Å². The fraction of sp³-hybridized carbons (Fsp3) is 0.222. The minimum Gasteiger partial charge on any atom is -0.480 e. The summed E-state index contributed by atoms with van der Waals surface area (Å²) >= 11 is 0. The Hall–Kier alpha value is -3.11. The summed E-state index contributed by atoms with van der Waals surface area (Å²) in [5.74, 6) is -3.92. The highest BCUT2D eigenvalue weighted by atomic mass is 19.4. The van der Waals surface area contributed by atoms with Crippen LogP contribution in [0.1, 0.15) is 27.0 Å². The van der Waals surface area contributed by atoms with E-state index in [4.69, 9.17) is 0 Å². The second-order valence-corrected chi connectivity index (χ2v) is 5.95. The van der Waals surface area contributed by atoms with Gasteiger partial charge in [-0.2, -0.15) is 26.3 Å². The van der Waals surface area contributed by atoms with E-state index in [1.807, 2.05) is 5.32 Å². The van der Waals surface area contributed by atoms with E-state index < -0.39 is 59.2 Å². The Morgan fingerprint density at radius 2 is 1.45 bits per heavy atom. The Bertz CT molecular complexity index is 890. The first-order valence-electron chi connectivity index (χ1n) is 7.85. The van der Waals surface area contributed by atoms with E-state index in [0.29, 0.717) is 0 Å². The standard InChI is InChI=1S/C18H12F7NO3/c19-13-4-2-1-3-9(13)7-14(16(28)29)26-15(27)10-5-11(17(20,21)22)8-12(6-10)18(23,24)25/h1-6,8,14H,7H2,(H,26,27)(H,28,29)/t14-/m0/s1. The molecular weight excluding hydrogens is 411 g/mol. The summed E-state index contributed by atoms with van der Waals surface area (Å²) in [6.45, 7) is 0. The van der Waals surface area contributed by atoms with Crippen LogP contribution < -0.4 is 5.32 Å². The minimum atomic E-state index is -5.17. The zero-order chi connectivity index (χ0) is 22.0. The van der Waals surface area contributed by atoms with Gasteiger partial charge in [0.05, 0.1) is 11.1 Å². The van der Waals surface area contributed by atoms with E-state index in [2.05, 4.69) is 0 Å². The summed E-state index contributed by atoms with van der Waals surface area (Å²) in [6, 6.07) is 3.37. The summed E-state index contributed by atoms with van der Waals surface area (Å²) in [4.78, 5) is 23.5. The summed E-state index contributed by atoms with van der Waals surface area (Å²) in [5.41, 5.74) is -4.59. The van der Waals surface area contributed by atoms with Crippen LogP contribution in [-0.2, 0) is 23.6 Å². The lowest BCUT2D eigenvalue weighted by Gasteiger charge is -2.17. The number of rotatable bonds is 5. The van der Waals surface area contributed by atoms with E-state index in [1.54, 1.807) is 0 Å². The molecule has 0 fully saturated rings. The van der Waals surface area contributed by atoms with Crippen molar-refractivity contribution in [2.45, 2.75) is 24.8 Å². The molecule has 1 atom stereocenters. The van der Waals surface area contributed by atoms with Crippen LogP contribution in [0, 0.1) is 5.82 Å². The average Bonchev–Trinajstić information content (AvgIpc) is 2.60. The Labute approximate surface area is 159 Å². The van der Waals surface area contributed by atoms with Crippen molar-refractivity contribution in [3.8, 4) is 0 Å². The molecule has 0 radical (unpaired) electrons. The van der Waals surface area contributed by atoms with Gasteiger partial charge in [0.1, 0.15) is 11.9 Å². The van der Waals surface area contributed by atoms with Gasteiger partial charge in [-0.05, 0) is 29.8 Å². The quantitative estimate of drug-likeness (QED) is 0.706. The number of hydrogen-bond donors (Lipinski definition) is 2. The topological polar surface area (TPSA) is 66.4 Å². The highest BCUT2D eigenvalue weighted by Gasteiger charge is 2.37. The summed E-state index contributed by atoms with van der Waals surface area (Å²) < 4.78 is 91.0. The van der Waals surface area contributed by atoms with Crippen LogP contribution in [0.25, 0.3) is 0 Å². The van der Waals surface area contributed by atoms with E-state index in [9.17, 15) is 45.4 Å². The first kappa shape index (κ1) is 22.2. The predicted molar refractivity (Wildman–Crippen MR) is 85.4 cm³/mol. The van der Waals surface area contributed by atoms with Crippen molar-refractivity contribution < 1.29 is 45.4 Å². The number of hydrogen-bond acceptors (Lipinski definition) is 2. The molecule has 11 heteroatoms. The first-order valence-corrected chi connectivity index (χ1v) is 7.85. The number of carbonyl (C=O) groups excluding carboxylic acids is 1. The van der Waals surface area contributed by atoms with Crippen molar-refractivity contribution in [3.05, 3.63) is 70.5 Å². The average molecular weight is 423 g/mol. The second-order valence-electron chi connectivity index (χ2n) is 5.95. The van der Waals surface area contributed by atoms with E-state index in [1.165, 1.54) is 18.2 Å². The fourth-order valence-corrected chi connectivity index (χ4v) is 2.41. The molecule has 0 unspecified atom stereocenters. The molecule has 29 heavy (non-hydrogen) atoms. The normalized spacial score (nSPS) is 13.1. The van der Waals surface area contributed by atoms with Crippen molar-refractivity contribution >= 4 is 11.9 Å². The van der Waals surface area contributed by atoms with Crippen molar-refractivity contribution in [2.24, 2.45) is 0 Å². The lowest BCUT2D eigenvalue weighted by atomic mass is 10.0. The molecule has 4 nitrogen and oxygen atoms in total. The highest BCUT2D eigenvalue weighted by molar-refractivity contribution is 5.97. The Morgan fingerprint density at radius 1 is 0.931 bits per heavy atom. The molecule has 2 aromatic carbocycles. The van der Waals surface area contributed by atoms with Crippen LogP contribution in [0.15, 0.2) is 42.5 Å². The molecule has 0 aliphatic heterocycles. The summed E-state index contributed by atoms with van der Waals surface area (Å²) in [5, 5.41) is 11.0. The molecule has 0 saturated heterocycles. The number of alkyl halides is 6. The molecule has 0 saturated carbocycles. The van der Waals surface area contributed by atoms with Crippen LogP contribution in [0.4, 0.5) is 30.7 Å².